The van der Waals surface area contributed by atoms with Gasteiger partial charge in [0.2, 0.25) is 17.8 Å². The molecule has 1 aromatic heterocycles. The highest BCUT2D eigenvalue weighted by atomic mass is 16.2. The maximum Gasteiger partial charge on any atom is 0.258 e. The molecule has 1 aliphatic heterocycles. The van der Waals surface area contributed by atoms with E-state index >= 15 is 0 Å². The standard InChI is InChI=1S/C22H21N5O3/c1-12-8-13(2)10-15(9-12)23-20(29)16-11-17(28)25-19-18(16)21(30)27-22(26-19)24-14-6-4-3-5-7-14/h3-10,16H,11H2,1-2H3,(H,23,29)(H3,24,25,26,27,28,30). The molecule has 0 saturated heterocycles. The predicted molar refractivity (Wildman–Crippen MR) is 115 cm³/mol. The van der Waals surface area contributed by atoms with Crippen molar-refractivity contribution in [3.05, 3.63) is 75.6 Å². The molecule has 0 aliphatic carbocycles. The number of para-hydroxylation sites is 1. The molecule has 2 amide bonds. The summed E-state index contributed by atoms with van der Waals surface area (Å²) in [7, 11) is 0. The number of aromatic amines is 1. The van der Waals surface area contributed by atoms with Crippen LogP contribution < -0.4 is 21.5 Å². The topological polar surface area (TPSA) is 116 Å². The Morgan fingerprint density at radius 3 is 2.43 bits per heavy atom. The van der Waals surface area contributed by atoms with Crippen LogP contribution in [0.3, 0.4) is 0 Å². The molecule has 0 saturated carbocycles. The van der Waals surface area contributed by atoms with Crippen molar-refractivity contribution < 1.29 is 9.59 Å². The first kappa shape index (κ1) is 19.4. The summed E-state index contributed by atoms with van der Waals surface area (Å²) in [6.07, 6.45) is -0.125. The average Bonchev–Trinajstić information content (AvgIpc) is 2.67. The van der Waals surface area contributed by atoms with E-state index in [9.17, 15) is 14.4 Å². The monoisotopic (exact) mass is 403 g/mol. The molecule has 0 spiro atoms. The molecule has 1 aliphatic rings. The maximum atomic E-state index is 12.9. The van der Waals surface area contributed by atoms with Gasteiger partial charge in [-0.2, -0.15) is 4.98 Å². The fourth-order valence-corrected chi connectivity index (χ4v) is 3.59. The Balaban J connectivity index is 1.65. The van der Waals surface area contributed by atoms with Crippen LogP contribution in [0.5, 0.6) is 0 Å². The smallest absolute Gasteiger partial charge is 0.258 e. The van der Waals surface area contributed by atoms with Crippen LogP contribution in [0, 0.1) is 13.8 Å². The number of aryl methyl sites for hydroxylation is 2. The van der Waals surface area contributed by atoms with Crippen molar-refractivity contribution in [2.75, 3.05) is 16.0 Å². The first-order chi connectivity index (χ1) is 14.4. The lowest BCUT2D eigenvalue weighted by atomic mass is 9.92. The van der Waals surface area contributed by atoms with E-state index in [-0.39, 0.29) is 29.7 Å². The highest BCUT2D eigenvalue weighted by molar-refractivity contribution is 6.04. The van der Waals surface area contributed by atoms with Crippen molar-refractivity contribution in [1.82, 2.24) is 9.97 Å². The van der Waals surface area contributed by atoms with Gasteiger partial charge >= 0.3 is 0 Å². The van der Waals surface area contributed by atoms with Crippen molar-refractivity contribution in [1.29, 1.82) is 0 Å². The number of amides is 2. The van der Waals surface area contributed by atoms with Crippen LogP contribution in [0.2, 0.25) is 0 Å². The van der Waals surface area contributed by atoms with Gasteiger partial charge in [0.05, 0.1) is 11.5 Å². The molecule has 4 N–H and O–H groups in total. The Morgan fingerprint density at radius 2 is 1.73 bits per heavy atom. The lowest BCUT2D eigenvalue weighted by molar-refractivity contribution is -0.123. The van der Waals surface area contributed by atoms with Crippen LogP contribution in [0.1, 0.15) is 29.0 Å². The van der Waals surface area contributed by atoms with Gasteiger partial charge in [-0.25, -0.2) is 0 Å². The Morgan fingerprint density at radius 1 is 1.03 bits per heavy atom. The number of H-pyrrole nitrogens is 1. The molecule has 2 heterocycles. The molecule has 8 nitrogen and oxygen atoms in total. The zero-order chi connectivity index (χ0) is 21.3. The molecular formula is C22H21N5O3. The van der Waals surface area contributed by atoms with Crippen LogP contribution >= 0.6 is 0 Å². The molecule has 0 fully saturated rings. The highest BCUT2D eigenvalue weighted by Crippen LogP contribution is 2.30. The number of nitrogens with one attached hydrogen (secondary N) is 4. The van der Waals surface area contributed by atoms with E-state index in [2.05, 4.69) is 25.9 Å². The molecule has 1 unspecified atom stereocenters. The molecule has 2 aromatic carbocycles. The van der Waals surface area contributed by atoms with Crippen LogP contribution in [0.25, 0.3) is 0 Å². The number of fused-ring (bicyclic) bond motifs is 1. The van der Waals surface area contributed by atoms with Gasteiger partial charge in [-0.15, -0.1) is 0 Å². The van der Waals surface area contributed by atoms with Gasteiger partial charge in [-0.05, 0) is 49.2 Å². The van der Waals surface area contributed by atoms with E-state index < -0.39 is 17.4 Å². The summed E-state index contributed by atoms with van der Waals surface area (Å²) >= 11 is 0. The average molecular weight is 403 g/mol. The minimum atomic E-state index is -0.934. The predicted octanol–water partition coefficient (Wildman–Crippen LogP) is 3.19. The van der Waals surface area contributed by atoms with Crippen molar-refractivity contribution in [3.8, 4) is 0 Å². The molecule has 1 atom stereocenters. The summed E-state index contributed by atoms with van der Waals surface area (Å²) in [4.78, 5) is 44.9. The van der Waals surface area contributed by atoms with Crippen molar-refractivity contribution >= 4 is 35.0 Å². The van der Waals surface area contributed by atoms with Gasteiger partial charge in [-0.3, -0.25) is 19.4 Å². The van der Waals surface area contributed by atoms with Crippen LogP contribution in [0.4, 0.5) is 23.1 Å². The van der Waals surface area contributed by atoms with Gasteiger partial charge in [0.1, 0.15) is 5.82 Å². The number of hydrogen-bond donors (Lipinski definition) is 4. The SMILES string of the molecule is Cc1cc(C)cc(NC(=O)C2CC(=O)Nc3nc(Nc4ccccc4)[nH]c(=O)c32)c1. The largest absolute Gasteiger partial charge is 0.326 e. The van der Waals surface area contributed by atoms with Crippen molar-refractivity contribution in [2.45, 2.75) is 26.2 Å². The molecule has 8 heteroatoms. The van der Waals surface area contributed by atoms with Crippen molar-refractivity contribution in [3.63, 3.8) is 0 Å². The van der Waals surface area contributed by atoms with Gasteiger partial charge in [0, 0.05) is 17.8 Å². The lowest BCUT2D eigenvalue weighted by Crippen LogP contribution is -2.36. The second-order valence-corrected chi connectivity index (χ2v) is 7.34. The molecule has 4 rings (SSSR count). The van der Waals surface area contributed by atoms with Crippen LogP contribution in [-0.2, 0) is 9.59 Å². The summed E-state index contributed by atoms with van der Waals surface area (Å²) in [5.41, 5.74) is 3.03. The summed E-state index contributed by atoms with van der Waals surface area (Å²) < 4.78 is 0. The maximum absolute atomic E-state index is 12.9. The van der Waals surface area contributed by atoms with Gasteiger partial charge < -0.3 is 16.0 Å². The highest BCUT2D eigenvalue weighted by Gasteiger charge is 2.34. The number of carbonyl (C=O) groups excluding carboxylic acids is 2. The molecule has 3 aromatic rings. The summed E-state index contributed by atoms with van der Waals surface area (Å²) in [6.45, 7) is 3.86. The normalized spacial score (nSPS) is 15.1. The van der Waals surface area contributed by atoms with E-state index in [4.69, 9.17) is 0 Å². The second kappa shape index (κ2) is 7.82. The third-order valence-electron chi connectivity index (χ3n) is 4.79. The fourth-order valence-electron chi connectivity index (χ4n) is 3.59. The molecule has 0 radical (unpaired) electrons. The Kier molecular flexibility index (Phi) is 5.05. The number of nitrogens with zero attached hydrogens (tertiary/aromatic N) is 1. The molecule has 152 valence electrons. The van der Waals surface area contributed by atoms with E-state index in [0.717, 1.165) is 16.8 Å². The lowest BCUT2D eigenvalue weighted by Gasteiger charge is -2.23. The van der Waals surface area contributed by atoms with E-state index in [0.29, 0.717) is 5.69 Å². The minimum absolute atomic E-state index is 0.0917. The number of hydrogen-bond acceptors (Lipinski definition) is 5. The zero-order valence-electron chi connectivity index (χ0n) is 16.6. The van der Waals surface area contributed by atoms with E-state index in [1.807, 2.05) is 62.4 Å². The number of anilines is 4. The van der Waals surface area contributed by atoms with Crippen LogP contribution in [-0.4, -0.2) is 21.8 Å². The quantitative estimate of drug-likeness (QED) is 0.534. The first-order valence-electron chi connectivity index (χ1n) is 9.54. The third kappa shape index (κ3) is 4.07. The summed E-state index contributed by atoms with van der Waals surface area (Å²) in [6, 6.07) is 14.9. The number of carbonyl (C=O) groups is 2. The first-order valence-corrected chi connectivity index (χ1v) is 9.54. The number of aromatic nitrogens is 2. The fraction of sp³-hybridized carbons (Fsp3) is 0.182. The van der Waals surface area contributed by atoms with E-state index in [1.165, 1.54) is 0 Å². The molecule has 30 heavy (non-hydrogen) atoms. The van der Waals surface area contributed by atoms with Gasteiger partial charge in [0.25, 0.3) is 5.56 Å². The number of benzene rings is 2. The van der Waals surface area contributed by atoms with Gasteiger partial charge in [0.15, 0.2) is 0 Å². The van der Waals surface area contributed by atoms with Crippen molar-refractivity contribution in [2.24, 2.45) is 0 Å². The van der Waals surface area contributed by atoms with Crippen LogP contribution in [0.15, 0.2) is 53.3 Å². The Labute approximate surface area is 172 Å². The Hall–Kier alpha value is -3.94. The summed E-state index contributed by atoms with van der Waals surface area (Å²) in [5, 5.41) is 8.41. The Bertz CT molecular complexity index is 1170. The van der Waals surface area contributed by atoms with E-state index in [1.54, 1.807) is 0 Å². The third-order valence-corrected chi connectivity index (χ3v) is 4.79. The summed E-state index contributed by atoms with van der Waals surface area (Å²) in [5.74, 6) is -1.45. The molecule has 0 bridgehead atoms. The zero-order valence-corrected chi connectivity index (χ0v) is 16.6. The second-order valence-electron chi connectivity index (χ2n) is 7.34. The molecular weight excluding hydrogens is 382 g/mol. The van der Waals surface area contributed by atoms with Gasteiger partial charge in [-0.1, -0.05) is 24.3 Å². The minimum Gasteiger partial charge on any atom is -0.326 e. The number of rotatable bonds is 4.